The van der Waals surface area contributed by atoms with E-state index in [2.05, 4.69) is 13.8 Å². The van der Waals surface area contributed by atoms with Gasteiger partial charge in [-0.1, -0.05) is 51.1 Å². The highest BCUT2D eigenvalue weighted by Gasteiger charge is 2.24. The monoisotopic (exact) mass is 278 g/mol. The number of ketones is 2. The number of rotatable bonds is 8. The highest BCUT2D eigenvalue weighted by molar-refractivity contribution is 8.01. The second kappa shape index (κ2) is 8.16. The summed E-state index contributed by atoms with van der Waals surface area (Å²) in [6.45, 7) is 6.10. The number of thioether (sulfide) groups is 1. The van der Waals surface area contributed by atoms with Gasteiger partial charge in [-0.05, 0) is 11.7 Å². The van der Waals surface area contributed by atoms with Gasteiger partial charge < -0.3 is 0 Å². The highest BCUT2D eigenvalue weighted by atomic mass is 32.2. The van der Waals surface area contributed by atoms with E-state index in [1.807, 2.05) is 37.3 Å². The zero-order chi connectivity index (χ0) is 14.3. The topological polar surface area (TPSA) is 34.1 Å². The summed E-state index contributed by atoms with van der Waals surface area (Å²) in [6, 6.07) is 9.25. The first-order valence-electron chi connectivity index (χ1n) is 6.81. The van der Waals surface area contributed by atoms with Crippen LogP contribution in [0.4, 0.5) is 0 Å². The number of hydrogen-bond acceptors (Lipinski definition) is 3. The number of carbonyl (C=O) groups is 2. The lowest BCUT2D eigenvalue weighted by atomic mass is 10.0. The molecular formula is C16H22O2S. The Hall–Kier alpha value is -1.09. The van der Waals surface area contributed by atoms with E-state index in [4.69, 9.17) is 0 Å². The van der Waals surface area contributed by atoms with Crippen molar-refractivity contribution in [2.75, 3.05) is 0 Å². The lowest BCUT2D eigenvalue weighted by molar-refractivity contribution is -0.118. The molecule has 0 aliphatic heterocycles. The van der Waals surface area contributed by atoms with Crippen LogP contribution in [0, 0.1) is 0 Å². The van der Waals surface area contributed by atoms with Gasteiger partial charge >= 0.3 is 0 Å². The van der Waals surface area contributed by atoms with Crippen molar-refractivity contribution < 1.29 is 9.59 Å². The van der Waals surface area contributed by atoms with E-state index >= 15 is 0 Å². The van der Waals surface area contributed by atoms with Crippen molar-refractivity contribution in [2.45, 2.75) is 50.5 Å². The number of carbonyl (C=O) groups excluding carboxylic acids is 2. The van der Waals surface area contributed by atoms with Gasteiger partial charge in [0.05, 0.1) is 5.25 Å². The van der Waals surface area contributed by atoms with Crippen LogP contribution in [0.1, 0.15) is 50.4 Å². The molecule has 1 unspecified atom stereocenters. The predicted molar refractivity (Wildman–Crippen MR) is 81.8 cm³/mol. The molecule has 0 saturated heterocycles. The third kappa shape index (κ3) is 5.60. The minimum atomic E-state index is -0.249. The Kier molecular flexibility index (Phi) is 6.85. The van der Waals surface area contributed by atoms with Crippen LogP contribution in [0.15, 0.2) is 30.3 Å². The minimum absolute atomic E-state index is 0.0729. The van der Waals surface area contributed by atoms with Crippen molar-refractivity contribution in [2.24, 2.45) is 0 Å². The van der Waals surface area contributed by atoms with Crippen molar-refractivity contribution in [3.63, 3.8) is 0 Å². The molecule has 0 fully saturated rings. The average Bonchev–Trinajstić information content (AvgIpc) is 2.38. The van der Waals surface area contributed by atoms with Gasteiger partial charge in [-0.15, -0.1) is 11.8 Å². The number of benzene rings is 1. The van der Waals surface area contributed by atoms with Crippen molar-refractivity contribution in [3.8, 4) is 0 Å². The Balaban J connectivity index is 2.78. The van der Waals surface area contributed by atoms with Crippen LogP contribution in [0.2, 0.25) is 0 Å². The summed E-state index contributed by atoms with van der Waals surface area (Å²) in [5.74, 6) is 0.258. The van der Waals surface area contributed by atoms with Crippen LogP contribution in [-0.2, 0) is 4.79 Å². The van der Waals surface area contributed by atoms with Crippen LogP contribution in [-0.4, -0.2) is 22.1 Å². The summed E-state index contributed by atoms with van der Waals surface area (Å²) in [4.78, 5) is 24.3. The molecule has 0 spiro atoms. The average molecular weight is 278 g/mol. The third-order valence-corrected chi connectivity index (χ3v) is 3.98. The molecule has 0 saturated carbocycles. The largest absolute Gasteiger partial charge is 0.300 e. The summed E-state index contributed by atoms with van der Waals surface area (Å²) in [5.41, 5.74) is 0.699. The first-order valence-corrected chi connectivity index (χ1v) is 7.75. The fourth-order valence-corrected chi connectivity index (χ4v) is 3.11. The van der Waals surface area contributed by atoms with Crippen molar-refractivity contribution in [1.82, 2.24) is 0 Å². The van der Waals surface area contributed by atoms with Crippen LogP contribution in [0.25, 0.3) is 0 Å². The minimum Gasteiger partial charge on any atom is -0.300 e. The lowest BCUT2D eigenvalue weighted by Gasteiger charge is -2.17. The van der Waals surface area contributed by atoms with Gasteiger partial charge in [-0.3, -0.25) is 9.59 Å². The van der Waals surface area contributed by atoms with Crippen LogP contribution >= 0.6 is 11.8 Å². The van der Waals surface area contributed by atoms with Crippen LogP contribution in [0.3, 0.4) is 0 Å². The predicted octanol–water partition coefficient (Wildman–Crippen LogP) is 4.14. The molecule has 19 heavy (non-hydrogen) atoms. The number of hydrogen-bond donors (Lipinski definition) is 0. The second-order valence-corrected chi connectivity index (χ2v) is 6.68. The quantitative estimate of drug-likeness (QED) is 0.670. The van der Waals surface area contributed by atoms with Crippen molar-refractivity contribution in [3.05, 3.63) is 35.9 Å². The van der Waals surface area contributed by atoms with Crippen LogP contribution < -0.4 is 0 Å². The summed E-state index contributed by atoms with van der Waals surface area (Å²) < 4.78 is 0. The lowest BCUT2D eigenvalue weighted by Crippen LogP contribution is -2.23. The summed E-state index contributed by atoms with van der Waals surface area (Å²) in [6.07, 6.45) is 1.76. The SMILES string of the molecule is CCCC(=O)CC(SC(C)C)C(=O)c1ccccc1. The molecule has 104 valence electrons. The Labute approximate surface area is 120 Å². The molecule has 0 aliphatic rings. The first-order chi connectivity index (χ1) is 9.04. The molecule has 0 heterocycles. The van der Waals surface area contributed by atoms with E-state index in [0.29, 0.717) is 23.7 Å². The third-order valence-electron chi connectivity index (χ3n) is 2.73. The molecule has 1 aromatic rings. The zero-order valence-electron chi connectivity index (χ0n) is 11.9. The fraction of sp³-hybridized carbons (Fsp3) is 0.500. The zero-order valence-corrected chi connectivity index (χ0v) is 12.7. The molecule has 2 nitrogen and oxygen atoms in total. The van der Waals surface area contributed by atoms with E-state index in [-0.39, 0.29) is 16.8 Å². The smallest absolute Gasteiger partial charge is 0.176 e. The Bertz CT molecular complexity index is 412. The maximum absolute atomic E-state index is 12.4. The Morgan fingerprint density at radius 2 is 1.79 bits per heavy atom. The molecule has 0 N–H and O–H groups in total. The first kappa shape index (κ1) is 16.0. The normalized spacial score (nSPS) is 12.4. The van der Waals surface area contributed by atoms with Gasteiger partial charge in [0.2, 0.25) is 0 Å². The second-order valence-electron chi connectivity index (χ2n) is 4.90. The van der Waals surface area contributed by atoms with Gasteiger partial charge in [0, 0.05) is 18.4 Å². The number of Topliss-reactive ketones (excluding diaryl/α,β-unsaturated/α-hetero) is 2. The molecular weight excluding hydrogens is 256 g/mol. The molecule has 0 bridgehead atoms. The van der Waals surface area contributed by atoms with Gasteiger partial charge in [0.1, 0.15) is 5.78 Å². The van der Waals surface area contributed by atoms with Crippen LogP contribution in [0.5, 0.6) is 0 Å². The fourth-order valence-electron chi connectivity index (χ4n) is 1.91. The molecule has 1 aromatic carbocycles. The van der Waals surface area contributed by atoms with E-state index in [9.17, 15) is 9.59 Å². The molecule has 0 aromatic heterocycles. The molecule has 0 aliphatic carbocycles. The molecule has 0 amide bonds. The van der Waals surface area contributed by atoms with Gasteiger partial charge in [0.25, 0.3) is 0 Å². The van der Waals surface area contributed by atoms with E-state index in [1.165, 1.54) is 0 Å². The van der Waals surface area contributed by atoms with Crippen molar-refractivity contribution >= 4 is 23.3 Å². The summed E-state index contributed by atoms with van der Waals surface area (Å²) >= 11 is 1.59. The molecule has 0 radical (unpaired) electrons. The maximum Gasteiger partial charge on any atom is 0.176 e. The van der Waals surface area contributed by atoms with Gasteiger partial charge in [0.15, 0.2) is 5.78 Å². The van der Waals surface area contributed by atoms with Crippen molar-refractivity contribution in [1.29, 1.82) is 0 Å². The standard InChI is InChI=1S/C16H22O2S/c1-4-8-14(17)11-15(19-12(2)3)16(18)13-9-6-5-7-10-13/h5-7,9-10,12,15H,4,8,11H2,1-3H3. The molecule has 1 rings (SSSR count). The van der Waals surface area contributed by atoms with Gasteiger partial charge in [-0.2, -0.15) is 0 Å². The van der Waals surface area contributed by atoms with E-state index < -0.39 is 0 Å². The molecule has 3 heteroatoms. The van der Waals surface area contributed by atoms with E-state index in [1.54, 1.807) is 11.8 Å². The summed E-state index contributed by atoms with van der Waals surface area (Å²) in [5, 5.41) is 0.0912. The Morgan fingerprint density at radius 3 is 2.32 bits per heavy atom. The highest BCUT2D eigenvalue weighted by Crippen LogP contribution is 2.25. The van der Waals surface area contributed by atoms with E-state index in [0.717, 1.165) is 6.42 Å². The summed E-state index contributed by atoms with van der Waals surface area (Å²) in [7, 11) is 0. The Morgan fingerprint density at radius 1 is 1.16 bits per heavy atom. The maximum atomic E-state index is 12.4. The van der Waals surface area contributed by atoms with Gasteiger partial charge in [-0.25, -0.2) is 0 Å². The molecule has 1 atom stereocenters.